The van der Waals surface area contributed by atoms with Gasteiger partial charge in [0.2, 0.25) is 0 Å². The molecule has 1 unspecified atom stereocenters. The maximum absolute atomic E-state index is 9.91. The highest BCUT2D eigenvalue weighted by molar-refractivity contribution is 5.42. The van der Waals surface area contributed by atoms with Crippen LogP contribution >= 0.6 is 0 Å². The molecular formula is C18H21NO3. The molecule has 1 heterocycles. The van der Waals surface area contributed by atoms with Crippen LogP contribution in [0.5, 0.6) is 11.5 Å². The van der Waals surface area contributed by atoms with Gasteiger partial charge in [-0.2, -0.15) is 0 Å². The third-order valence-electron chi connectivity index (χ3n) is 4.33. The number of methoxy groups -OCH3 is 1. The molecule has 3 rings (SSSR count). The molecule has 1 aliphatic heterocycles. The summed E-state index contributed by atoms with van der Waals surface area (Å²) < 4.78 is 5.08. The number of aliphatic hydroxyl groups excluding tert-OH is 1. The summed E-state index contributed by atoms with van der Waals surface area (Å²) in [5, 5.41) is 19.7. The van der Waals surface area contributed by atoms with E-state index < -0.39 is 0 Å². The van der Waals surface area contributed by atoms with E-state index in [1.807, 2.05) is 18.2 Å². The van der Waals surface area contributed by atoms with Crippen molar-refractivity contribution in [2.45, 2.75) is 19.0 Å². The van der Waals surface area contributed by atoms with E-state index in [4.69, 9.17) is 4.74 Å². The molecule has 0 radical (unpaired) electrons. The number of benzene rings is 2. The Morgan fingerprint density at radius 1 is 1.23 bits per heavy atom. The van der Waals surface area contributed by atoms with E-state index in [0.29, 0.717) is 12.3 Å². The first kappa shape index (κ1) is 14.9. The molecule has 0 spiro atoms. The average molecular weight is 299 g/mol. The Kier molecular flexibility index (Phi) is 4.32. The number of nitrogens with zero attached hydrogens (tertiary/aromatic N) is 1. The van der Waals surface area contributed by atoms with Gasteiger partial charge in [-0.1, -0.05) is 30.3 Å². The summed E-state index contributed by atoms with van der Waals surface area (Å²) in [5.74, 6) is 0.629. The van der Waals surface area contributed by atoms with Crippen molar-refractivity contribution in [1.29, 1.82) is 0 Å². The van der Waals surface area contributed by atoms with Crippen molar-refractivity contribution in [2.75, 3.05) is 20.3 Å². The van der Waals surface area contributed by atoms with Crippen LogP contribution in [0.1, 0.15) is 22.7 Å². The molecule has 1 atom stereocenters. The molecule has 0 saturated heterocycles. The third kappa shape index (κ3) is 2.80. The number of rotatable bonds is 4. The van der Waals surface area contributed by atoms with E-state index in [1.165, 1.54) is 18.2 Å². The van der Waals surface area contributed by atoms with Crippen molar-refractivity contribution in [3.05, 3.63) is 59.2 Å². The number of hydrogen-bond acceptors (Lipinski definition) is 4. The fraction of sp³-hybridized carbons (Fsp3) is 0.333. The molecule has 0 fully saturated rings. The highest BCUT2D eigenvalue weighted by Gasteiger charge is 2.26. The van der Waals surface area contributed by atoms with Crippen molar-refractivity contribution >= 4 is 0 Å². The molecule has 22 heavy (non-hydrogen) atoms. The van der Waals surface area contributed by atoms with Gasteiger partial charge in [0.15, 0.2) is 11.5 Å². The van der Waals surface area contributed by atoms with Crippen molar-refractivity contribution in [3.63, 3.8) is 0 Å². The Balaban J connectivity index is 1.82. The summed E-state index contributed by atoms with van der Waals surface area (Å²) in [6.45, 7) is 1.69. The lowest BCUT2D eigenvalue weighted by Gasteiger charge is -2.36. The number of aliphatic hydroxyl groups is 1. The lowest BCUT2D eigenvalue weighted by atomic mass is 9.92. The molecule has 2 aromatic carbocycles. The molecule has 0 bridgehead atoms. The van der Waals surface area contributed by atoms with Gasteiger partial charge in [-0.05, 0) is 35.2 Å². The van der Waals surface area contributed by atoms with Gasteiger partial charge in [0.05, 0.1) is 19.8 Å². The van der Waals surface area contributed by atoms with Crippen molar-refractivity contribution < 1.29 is 14.9 Å². The third-order valence-corrected chi connectivity index (χ3v) is 4.33. The minimum Gasteiger partial charge on any atom is -0.504 e. The van der Waals surface area contributed by atoms with Gasteiger partial charge in [-0.15, -0.1) is 0 Å². The molecule has 0 aromatic heterocycles. The minimum absolute atomic E-state index is 0.00851. The minimum atomic E-state index is 0.00851. The van der Waals surface area contributed by atoms with Crippen LogP contribution in [0.3, 0.4) is 0 Å². The van der Waals surface area contributed by atoms with Gasteiger partial charge < -0.3 is 14.9 Å². The first-order chi connectivity index (χ1) is 10.7. The van der Waals surface area contributed by atoms with Crippen molar-refractivity contribution in [3.8, 4) is 11.5 Å². The topological polar surface area (TPSA) is 52.9 Å². The summed E-state index contributed by atoms with van der Waals surface area (Å²) in [4.78, 5) is 2.25. The second kappa shape index (κ2) is 6.38. The zero-order valence-electron chi connectivity index (χ0n) is 12.7. The number of phenolic OH excluding ortho intramolecular Hbond substituents is 1. The standard InChI is InChI=1S/C18H21NO3/c1-22-18-7-6-13(10-17(18)21)11-19-9-8-14-4-2-3-5-15(14)16(19)12-20/h2-7,10,16,20-21H,8-9,11-12H2,1H3. The predicted octanol–water partition coefficient (Wildman–Crippen LogP) is 2.49. The molecule has 2 aromatic rings. The summed E-state index contributed by atoms with van der Waals surface area (Å²) >= 11 is 0. The van der Waals surface area contributed by atoms with Crippen LogP contribution in [-0.4, -0.2) is 35.4 Å². The second-order valence-electron chi connectivity index (χ2n) is 5.62. The van der Waals surface area contributed by atoms with Crippen LogP contribution in [0.4, 0.5) is 0 Å². The van der Waals surface area contributed by atoms with Crippen LogP contribution in [0.15, 0.2) is 42.5 Å². The fourth-order valence-electron chi connectivity index (χ4n) is 3.18. The van der Waals surface area contributed by atoms with Crippen LogP contribution in [0.25, 0.3) is 0 Å². The number of aromatic hydroxyl groups is 1. The molecule has 2 N–H and O–H groups in total. The Bertz CT molecular complexity index is 657. The number of fused-ring (bicyclic) bond motifs is 1. The first-order valence-corrected chi connectivity index (χ1v) is 7.51. The Labute approximate surface area is 130 Å². The molecule has 4 heteroatoms. The van der Waals surface area contributed by atoms with Crippen LogP contribution in [0, 0.1) is 0 Å². The lowest BCUT2D eigenvalue weighted by Crippen LogP contribution is -2.36. The van der Waals surface area contributed by atoms with Gasteiger partial charge >= 0.3 is 0 Å². The van der Waals surface area contributed by atoms with Crippen molar-refractivity contribution in [2.24, 2.45) is 0 Å². The quantitative estimate of drug-likeness (QED) is 0.911. The summed E-state index contributed by atoms with van der Waals surface area (Å²) in [6, 6.07) is 13.8. The van der Waals surface area contributed by atoms with Gasteiger partial charge in [0, 0.05) is 13.1 Å². The Hall–Kier alpha value is -2.04. The summed E-state index contributed by atoms with van der Waals surface area (Å²) in [5.41, 5.74) is 3.53. The molecular weight excluding hydrogens is 278 g/mol. The van der Waals surface area contributed by atoms with Crippen LogP contribution in [0.2, 0.25) is 0 Å². The molecule has 116 valence electrons. The number of ether oxygens (including phenoxy) is 1. The summed E-state index contributed by atoms with van der Waals surface area (Å²) in [7, 11) is 1.54. The van der Waals surface area contributed by atoms with Gasteiger partial charge in [0.1, 0.15) is 0 Å². The highest BCUT2D eigenvalue weighted by Crippen LogP contribution is 2.32. The lowest BCUT2D eigenvalue weighted by molar-refractivity contribution is 0.108. The SMILES string of the molecule is COc1ccc(CN2CCc3ccccc3C2CO)cc1O. The van der Waals surface area contributed by atoms with Crippen molar-refractivity contribution in [1.82, 2.24) is 4.90 Å². The maximum Gasteiger partial charge on any atom is 0.160 e. The van der Waals surface area contributed by atoms with Crippen LogP contribution in [-0.2, 0) is 13.0 Å². The largest absolute Gasteiger partial charge is 0.504 e. The zero-order valence-corrected chi connectivity index (χ0v) is 12.7. The van der Waals surface area contributed by atoms with E-state index in [9.17, 15) is 10.2 Å². The molecule has 4 nitrogen and oxygen atoms in total. The first-order valence-electron chi connectivity index (χ1n) is 7.51. The van der Waals surface area contributed by atoms with E-state index >= 15 is 0 Å². The van der Waals surface area contributed by atoms with E-state index in [0.717, 1.165) is 18.5 Å². The average Bonchev–Trinajstić information content (AvgIpc) is 2.55. The van der Waals surface area contributed by atoms with E-state index in [2.05, 4.69) is 17.0 Å². The zero-order chi connectivity index (χ0) is 15.5. The maximum atomic E-state index is 9.91. The fourth-order valence-corrected chi connectivity index (χ4v) is 3.18. The van der Waals surface area contributed by atoms with E-state index in [-0.39, 0.29) is 18.4 Å². The normalized spacial score (nSPS) is 18.0. The molecule has 0 saturated carbocycles. The Morgan fingerprint density at radius 3 is 2.77 bits per heavy atom. The molecule has 1 aliphatic rings. The Morgan fingerprint density at radius 2 is 2.05 bits per heavy atom. The smallest absolute Gasteiger partial charge is 0.160 e. The monoisotopic (exact) mass is 299 g/mol. The van der Waals surface area contributed by atoms with E-state index in [1.54, 1.807) is 12.1 Å². The summed E-state index contributed by atoms with van der Waals surface area (Å²) in [6.07, 6.45) is 0.981. The molecule has 0 amide bonds. The van der Waals surface area contributed by atoms with Gasteiger partial charge in [0.25, 0.3) is 0 Å². The number of phenols is 1. The second-order valence-corrected chi connectivity index (χ2v) is 5.62. The van der Waals surface area contributed by atoms with Gasteiger partial charge in [-0.3, -0.25) is 4.90 Å². The highest BCUT2D eigenvalue weighted by atomic mass is 16.5. The number of hydrogen-bond donors (Lipinski definition) is 2. The predicted molar refractivity (Wildman–Crippen MR) is 85.0 cm³/mol. The van der Waals surface area contributed by atoms with Crippen LogP contribution < -0.4 is 4.74 Å². The molecule has 0 aliphatic carbocycles. The van der Waals surface area contributed by atoms with Gasteiger partial charge in [-0.25, -0.2) is 0 Å².